The summed E-state index contributed by atoms with van der Waals surface area (Å²) in [6.45, 7) is 13.2. The molecule has 0 spiro atoms. The van der Waals surface area contributed by atoms with Crippen molar-refractivity contribution in [1.82, 2.24) is 14.8 Å². The van der Waals surface area contributed by atoms with Gasteiger partial charge in [0.1, 0.15) is 4.93 Å². The molecule has 0 amide bonds. The molecule has 0 aliphatic carbocycles. The Hall–Kier alpha value is -0.620. The fourth-order valence-electron chi connectivity index (χ4n) is 2.99. The first-order chi connectivity index (χ1) is 11.7. The topological polar surface area (TPSA) is 28.6 Å². The number of likely N-dealkylation sites (tertiary alicyclic amines) is 1. The van der Waals surface area contributed by atoms with Crippen LogP contribution >= 0.6 is 11.8 Å². The Morgan fingerprint density at radius 1 is 1.28 bits per heavy atom. The van der Waals surface area contributed by atoms with Gasteiger partial charge in [-0.3, -0.25) is 9.88 Å². The van der Waals surface area contributed by atoms with Crippen LogP contribution in [0.25, 0.3) is 0 Å². The van der Waals surface area contributed by atoms with E-state index >= 15 is 0 Å². The van der Waals surface area contributed by atoms with Gasteiger partial charge in [0.25, 0.3) is 0 Å². The lowest BCUT2D eigenvalue weighted by atomic mass is 9.97. The van der Waals surface area contributed by atoms with Gasteiger partial charge in [0, 0.05) is 49.5 Å². The zero-order valence-electron chi connectivity index (χ0n) is 16.8. The van der Waals surface area contributed by atoms with Crippen molar-refractivity contribution < 1.29 is 4.74 Å². The summed E-state index contributed by atoms with van der Waals surface area (Å²) in [6.07, 6.45) is 5.90. The normalized spacial score (nSPS) is 19.0. The quantitative estimate of drug-likeness (QED) is 0.625. The van der Waals surface area contributed by atoms with Crippen LogP contribution in [-0.2, 0) is 11.2 Å². The highest BCUT2D eigenvalue weighted by atomic mass is 32.2. The summed E-state index contributed by atoms with van der Waals surface area (Å²) in [6, 6.07) is 6.72. The Morgan fingerprint density at radius 2 is 2.00 bits per heavy atom. The molecule has 1 saturated heterocycles. The Balaban J connectivity index is 1.71. The number of pyridine rings is 1. The molecule has 1 atom stereocenters. The molecule has 25 heavy (non-hydrogen) atoms. The zero-order valence-corrected chi connectivity index (χ0v) is 17.6. The first kappa shape index (κ1) is 20.7. The standard InChI is InChI=1S/C20H35N3OS/c1-19(2,3)23-15-18(16-23)22(5)13-11-20(4,25-6)24-14-10-17-9-7-8-12-21-17/h7-9,12,18H,10-11,13-16H2,1-6H3. The number of thioether (sulfide) groups is 1. The molecule has 2 rings (SSSR count). The highest BCUT2D eigenvalue weighted by Gasteiger charge is 2.36. The molecule has 1 fully saturated rings. The van der Waals surface area contributed by atoms with Crippen LogP contribution in [0.15, 0.2) is 24.4 Å². The van der Waals surface area contributed by atoms with Gasteiger partial charge < -0.3 is 9.64 Å². The molecule has 5 heteroatoms. The number of hydrogen-bond acceptors (Lipinski definition) is 5. The van der Waals surface area contributed by atoms with Crippen LogP contribution in [0.5, 0.6) is 0 Å². The van der Waals surface area contributed by atoms with E-state index in [1.807, 2.05) is 30.1 Å². The number of ether oxygens (including phenoxy) is 1. The molecule has 1 unspecified atom stereocenters. The first-order valence-corrected chi connectivity index (χ1v) is 10.5. The molecule has 0 aromatic carbocycles. The summed E-state index contributed by atoms with van der Waals surface area (Å²) >= 11 is 1.81. The third kappa shape index (κ3) is 6.24. The molecule has 2 heterocycles. The first-order valence-electron chi connectivity index (χ1n) is 9.28. The van der Waals surface area contributed by atoms with Crippen LogP contribution in [0.3, 0.4) is 0 Å². The largest absolute Gasteiger partial charge is 0.364 e. The van der Waals surface area contributed by atoms with E-state index < -0.39 is 0 Å². The average Bonchev–Trinajstić information content (AvgIpc) is 2.51. The van der Waals surface area contributed by atoms with Gasteiger partial charge in [-0.05, 0) is 59.6 Å². The average molecular weight is 366 g/mol. The Kier molecular flexibility index (Phi) is 7.32. The van der Waals surface area contributed by atoms with Crippen LogP contribution in [-0.4, -0.2) is 70.8 Å². The summed E-state index contributed by atoms with van der Waals surface area (Å²) in [7, 11) is 2.25. The molecule has 1 aromatic rings. The van der Waals surface area contributed by atoms with E-state index in [9.17, 15) is 0 Å². The van der Waals surface area contributed by atoms with E-state index in [2.05, 4.69) is 61.8 Å². The summed E-state index contributed by atoms with van der Waals surface area (Å²) in [4.78, 5) is 9.28. The smallest absolute Gasteiger partial charge is 0.111 e. The van der Waals surface area contributed by atoms with Crippen molar-refractivity contribution >= 4 is 11.8 Å². The number of rotatable bonds is 9. The molecule has 1 aliphatic rings. The van der Waals surface area contributed by atoms with Gasteiger partial charge in [0.15, 0.2) is 0 Å². The molecule has 0 bridgehead atoms. The summed E-state index contributed by atoms with van der Waals surface area (Å²) < 4.78 is 6.23. The van der Waals surface area contributed by atoms with Crippen molar-refractivity contribution in [3.63, 3.8) is 0 Å². The Bertz CT molecular complexity index is 513. The molecular weight excluding hydrogens is 330 g/mol. The van der Waals surface area contributed by atoms with Crippen molar-refractivity contribution in [2.24, 2.45) is 0 Å². The van der Waals surface area contributed by atoms with Gasteiger partial charge in [0.05, 0.1) is 6.61 Å². The Labute approximate surface area is 158 Å². The van der Waals surface area contributed by atoms with E-state index in [1.165, 1.54) is 13.1 Å². The van der Waals surface area contributed by atoms with Crippen molar-refractivity contribution in [3.05, 3.63) is 30.1 Å². The van der Waals surface area contributed by atoms with Crippen LogP contribution in [0.2, 0.25) is 0 Å². The van der Waals surface area contributed by atoms with Crippen molar-refractivity contribution in [2.75, 3.05) is 39.5 Å². The molecule has 0 saturated carbocycles. The van der Waals surface area contributed by atoms with E-state index in [4.69, 9.17) is 4.74 Å². The number of likely N-dealkylation sites (N-methyl/N-ethyl adjacent to an activating group) is 1. The van der Waals surface area contributed by atoms with Crippen LogP contribution < -0.4 is 0 Å². The maximum Gasteiger partial charge on any atom is 0.111 e. The maximum absolute atomic E-state index is 6.23. The van der Waals surface area contributed by atoms with E-state index in [0.717, 1.165) is 31.7 Å². The summed E-state index contributed by atoms with van der Waals surface area (Å²) in [5.41, 5.74) is 1.39. The molecule has 1 aliphatic heterocycles. The van der Waals surface area contributed by atoms with E-state index in [1.54, 1.807) is 0 Å². The minimum atomic E-state index is -0.128. The fourth-order valence-corrected chi connectivity index (χ4v) is 3.49. The SMILES string of the molecule is CSC(C)(CCN(C)C1CN(C(C)(C)C)C1)OCCc1ccccn1. The van der Waals surface area contributed by atoms with Crippen LogP contribution in [0.1, 0.15) is 39.8 Å². The monoisotopic (exact) mass is 365 g/mol. The van der Waals surface area contributed by atoms with Gasteiger partial charge >= 0.3 is 0 Å². The number of aromatic nitrogens is 1. The third-order valence-electron chi connectivity index (χ3n) is 5.28. The van der Waals surface area contributed by atoms with Crippen molar-refractivity contribution in [2.45, 2.75) is 57.1 Å². The minimum Gasteiger partial charge on any atom is -0.364 e. The van der Waals surface area contributed by atoms with Crippen LogP contribution in [0.4, 0.5) is 0 Å². The second kappa shape index (κ2) is 8.85. The fraction of sp³-hybridized carbons (Fsp3) is 0.750. The molecule has 0 N–H and O–H groups in total. The third-order valence-corrected chi connectivity index (χ3v) is 6.46. The van der Waals surface area contributed by atoms with E-state index in [-0.39, 0.29) is 4.93 Å². The van der Waals surface area contributed by atoms with Gasteiger partial charge in [-0.25, -0.2) is 0 Å². The second-order valence-corrected chi connectivity index (χ2v) is 9.49. The van der Waals surface area contributed by atoms with Crippen LogP contribution in [0, 0.1) is 0 Å². The van der Waals surface area contributed by atoms with Gasteiger partial charge in [-0.2, -0.15) is 0 Å². The predicted molar refractivity (Wildman–Crippen MR) is 108 cm³/mol. The van der Waals surface area contributed by atoms with Crippen molar-refractivity contribution in [1.29, 1.82) is 0 Å². The lowest BCUT2D eigenvalue weighted by Gasteiger charge is -2.51. The van der Waals surface area contributed by atoms with Gasteiger partial charge in [-0.15, -0.1) is 11.8 Å². The molecule has 142 valence electrons. The lowest BCUT2D eigenvalue weighted by Crippen LogP contribution is -2.64. The predicted octanol–water partition coefficient (Wildman–Crippen LogP) is 3.52. The van der Waals surface area contributed by atoms with Crippen molar-refractivity contribution in [3.8, 4) is 0 Å². The Morgan fingerprint density at radius 3 is 2.56 bits per heavy atom. The summed E-state index contributed by atoms with van der Waals surface area (Å²) in [5, 5.41) is 0. The molecule has 1 aromatic heterocycles. The number of hydrogen-bond donors (Lipinski definition) is 0. The highest BCUT2D eigenvalue weighted by molar-refractivity contribution is 7.99. The lowest BCUT2D eigenvalue weighted by molar-refractivity contribution is -0.0235. The number of nitrogens with zero attached hydrogens (tertiary/aromatic N) is 3. The van der Waals surface area contributed by atoms with Gasteiger partial charge in [-0.1, -0.05) is 6.07 Å². The van der Waals surface area contributed by atoms with Gasteiger partial charge in [0.2, 0.25) is 0 Å². The minimum absolute atomic E-state index is 0.128. The summed E-state index contributed by atoms with van der Waals surface area (Å²) in [5.74, 6) is 0. The molecule has 0 radical (unpaired) electrons. The highest BCUT2D eigenvalue weighted by Crippen LogP contribution is 2.30. The molecular formula is C20H35N3OS. The molecule has 4 nitrogen and oxygen atoms in total. The second-order valence-electron chi connectivity index (χ2n) is 8.22. The zero-order chi connectivity index (χ0) is 18.5. The maximum atomic E-state index is 6.23. The van der Waals surface area contributed by atoms with E-state index in [0.29, 0.717) is 11.6 Å².